The van der Waals surface area contributed by atoms with Gasteiger partial charge >= 0.3 is 0 Å². The molecule has 1 heterocycles. The van der Waals surface area contributed by atoms with E-state index < -0.39 is 11.5 Å². The maximum atomic E-state index is 14.1. The van der Waals surface area contributed by atoms with Gasteiger partial charge in [-0.2, -0.15) is 5.10 Å². The van der Waals surface area contributed by atoms with Crippen LogP contribution >= 0.6 is 0 Å². The molecule has 1 aromatic heterocycles. The van der Waals surface area contributed by atoms with E-state index in [2.05, 4.69) is 28.0 Å². The lowest BCUT2D eigenvalue weighted by atomic mass is 9.62. The van der Waals surface area contributed by atoms with E-state index in [1.165, 1.54) is 32.1 Å². The van der Waals surface area contributed by atoms with E-state index in [-0.39, 0.29) is 29.1 Å². The maximum Gasteiger partial charge on any atom is 0.270 e. The summed E-state index contributed by atoms with van der Waals surface area (Å²) < 4.78 is 1.55. The molecule has 0 bridgehead atoms. The molecule has 1 aromatic carbocycles. The van der Waals surface area contributed by atoms with Gasteiger partial charge in [-0.05, 0) is 72.6 Å². The number of hydrogen-bond acceptors (Lipinski definition) is 4. The number of hydrogen-bond donors (Lipinski definition) is 3. The number of nitrogens with zero attached hydrogens (tertiary/aromatic N) is 2. The zero-order chi connectivity index (χ0) is 29.3. The van der Waals surface area contributed by atoms with Crippen LogP contribution in [0.3, 0.4) is 0 Å². The van der Waals surface area contributed by atoms with Crippen molar-refractivity contribution in [3.8, 4) is 0 Å². The van der Waals surface area contributed by atoms with Gasteiger partial charge in [0.05, 0.1) is 5.41 Å². The lowest BCUT2D eigenvalue weighted by molar-refractivity contribution is -0.127. The third kappa shape index (κ3) is 5.61. The first-order valence-corrected chi connectivity index (χ1v) is 16.3. The summed E-state index contributed by atoms with van der Waals surface area (Å²) in [5.74, 6) is 0.698. The van der Waals surface area contributed by atoms with Crippen LogP contribution in [-0.4, -0.2) is 40.1 Å². The van der Waals surface area contributed by atoms with Crippen LogP contribution in [0.5, 0.6) is 0 Å². The van der Waals surface area contributed by atoms with Crippen LogP contribution in [0, 0.1) is 23.2 Å². The second-order valence-corrected chi connectivity index (χ2v) is 14.0. The zero-order valence-corrected chi connectivity index (χ0v) is 25.3. The molecule has 6 rings (SSSR count). The minimum absolute atomic E-state index is 0.118. The number of carbonyl (C=O) groups is 3. The van der Waals surface area contributed by atoms with Crippen molar-refractivity contribution >= 4 is 23.4 Å². The van der Waals surface area contributed by atoms with E-state index in [4.69, 9.17) is 0 Å². The summed E-state index contributed by atoms with van der Waals surface area (Å²) in [7, 11) is 1.74. The van der Waals surface area contributed by atoms with E-state index in [9.17, 15) is 14.4 Å². The standard InChI is InChI=1S/C34H47N5O3/c1-33(16-8-17-33)22-35-32(42)34(18-3-4-19-34)25-13-7-14-26(21-25)37-31(41)29(38-30(40)27-15-20-36-39(27)2)28(23-9-5-10-23)24-11-6-12-24/h7,13-15,20-21,23-24,28-29H,3-6,8-12,16-19,22H2,1-2H3,(H,35,42)(H,37,41)(H,38,40)/t29-/m0/s1. The minimum atomic E-state index is -0.626. The van der Waals surface area contributed by atoms with Crippen LogP contribution in [0.15, 0.2) is 36.5 Å². The van der Waals surface area contributed by atoms with Gasteiger partial charge in [-0.1, -0.05) is 76.8 Å². The second kappa shape index (κ2) is 11.8. The Morgan fingerprint density at radius 2 is 1.64 bits per heavy atom. The van der Waals surface area contributed by atoms with E-state index in [0.717, 1.165) is 63.5 Å². The van der Waals surface area contributed by atoms with Crippen molar-refractivity contribution in [3.63, 3.8) is 0 Å². The molecule has 4 fully saturated rings. The highest BCUT2D eigenvalue weighted by molar-refractivity contribution is 6.01. The van der Waals surface area contributed by atoms with Gasteiger partial charge in [-0.3, -0.25) is 19.1 Å². The monoisotopic (exact) mass is 573 g/mol. The first-order valence-electron chi connectivity index (χ1n) is 16.3. The van der Waals surface area contributed by atoms with E-state index in [1.807, 2.05) is 24.3 Å². The molecular formula is C34H47N5O3. The fourth-order valence-electron chi connectivity index (χ4n) is 7.89. The Kier molecular flexibility index (Phi) is 8.16. The van der Waals surface area contributed by atoms with Crippen LogP contribution in [-0.2, 0) is 22.1 Å². The lowest BCUT2D eigenvalue weighted by Gasteiger charge is -2.46. The molecule has 0 saturated heterocycles. The number of nitrogens with one attached hydrogen (secondary N) is 3. The number of benzene rings is 1. The molecule has 8 heteroatoms. The van der Waals surface area contributed by atoms with E-state index >= 15 is 0 Å². The molecule has 0 spiro atoms. The first kappa shape index (κ1) is 28.9. The van der Waals surface area contributed by atoms with E-state index in [0.29, 0.717) is 23.2 Å². The molecule has 4 aliphatic rings. The van der Waals surface area contributed by atoms with Crippen molar-refractivity contribution in [3.05, 3.63) is 47.8 Å². The summed E-state index contributed by atoms with van der Waals surface area (Å²) in [5, 5.41) is 13.8. The highest BCUT2D eigenvalue weighted by Gasteiger charge is 2.46. The fraction of sp³-hybridized carbons (Fsp3) is 0.647. The normalized spacial score (nSPS) is 22.0. The van der Waals surface area contributed by atoms with E-state index in [1.54, 1.807) is 24.0 Å². The van der Waals surface area contributed by atoms with Crippen molar-refractivity contribution in [1.82, 2.24) is 20.4 Å². The number of carbonyl (C=O) groups excluding carboxylic acids is 3. The smallest absolute Gasteiger partial charge is 0.270 e. The molecule has 42 heavy (non-hydrogen) atoms. The van der Waals surface area contributed by atoms with Crippen molar-refractivity contribution < 1.29 is 14.4 Å². The molecule has 3 N–H and O–H groups in total. The Morgan fingerprint density at radius 3 is 2.19 bits per heavy atom. The molecule has 0 unspecified atom stereocenters. The third-order valence-corrected chi connectivity index (χ3v) is 11.2. The molecule has 3 amide bonds. The summed E-state index contributed by atoms with van der Waals surface area (Å²) in [6.45, 7) is 2.99. The number of anilines is 1. The van der Waals surface area contributed by atoms with Crippen LogP contribution in [0.4, 0.5) is 5.69 Å². The van der Waals surface area contributed by atoms with Gasteiger partial charge in [0, 0.05) is 25.5 Å². The summed E-state index contributed by atoms with van der Waals surface area (Å²) in [5.41, 5.74) is 1.76. The van der Waals surface area contributed by atoms with Crippen LogP contribution in [0.25, 0.3) is 0 Å². The average molecular weight is 574 g/mol. The third-order valence-electron chi connectivity index (χ3n) is 11.2. The Morgan fingerprint density at radius 1 is 0.952 bits per heavy atom. The van der Waals surface area contributed by atoms with Crippen molar-refractivity contribution in [2.75, 3.05) is 11.9 Å². The number of aromatic nitrogens is 2. The van der Waals surface area contributed by atoms with Crippen LogP contribution < -0.4 is 16.0 Å². The molecule has 4 aliphatic carbocycles. The molecule has 0 radical (unpaired) electrons. The summed E-state index contributed by atoms with van der Waals surface area (Å²) in [4.78, 5) is 41.2. The fourth-order valence-corrected chi connectivity index (χ4v) is 7.89. The summed E-state index contributed by atoms with van der Waals surface area (Å²) in [6, 6.07) is 8.95. The van der Waals surface area contributed by atoms with Gasteiger partial charge in [0.2, 0.25) is 11.8 Å². The Balaban J connectivity index is 1.23. The molecule has 4 saturated carbocycles. The number of aryl methyl sites for hydroxylation is 1. The van der Waals surface area contributed by atoms with Gasteiger partial charge in [-0.15, -0.1) is 0 Å². The highest BCUT2D eigenvalue weighted by Crippen LogP contribution is 2.47. The summed E-state index contributed by atoms with van der Waals surface area (Å²) >= 11 is 0. The van der Waals surface area contributed by atoms with Gasteiger partial charge < -0.3 is 16.0 Å². The highest BCUT2D eigenvalue weighted by atomic mass is 16.2. The van der Waals surface area contributed by atoms with Gasteiger partial charge in [0.15, 0.2) is 0 Å². The Hall–Kier alpha value is -3.16. The largest absolute Gasteiger partial charge is 0.355 e. The van der Waals surface area contributed by atoms with Crippen LogP contribution in [0.1, 0.15) is 106 Å². The number of amides is 3. The predicted molar refractivity (Wildman–Crippen MR) is 163 cm³/mol. The average Bonchev–Trinajstić information content (AvgIpc) is 3.57. The molecule has 226 valence electrons. The Bertz CT molecular complexity index is 1290. The van der Waals surface area contributed by atoms with Gasteiger partial charge in [0.25, 0.3) is 5.91 Å². The minimum Gasteiger partial charge on any atom is -0.355 e. The molecule has 0 aliphatic heterocycles. The quantitative estimate of drug-likeness (QED) is 0.331. The SMILES string of the molecule is Cn1nccc1C(=O)N[C@H](C(=O)Nc1cccc(C2(C(=O)NCC3(C)CCC3)CCCC2)c1)C(C1CCC1)C1CCC1. The van der Waals surface area contributed by atoms with Crippen LogP contribution in [0.2, 0.25) is 0 Å². The number of rotatable bonds is 11. The topological polar surface area (TPSA) is 105 Å². The molecular weight excluding hydrogens is 526 g/mol. The van der Waals surface area contributed by atoms with Crippen molar-refractivity contribution in [1.29, 1.82) is 0 Å². The molecule has 8 nitrogen and oxygen atoms in total. The molecule has 2 aromatic rings. The summed E-state index contributed by atoms with van der Waals surface area (Å²) in [6.07, 6.45) is 15.7. The second-order valence-electron chi connectivity index (χ2n) is 14.0. The maximum absolute atomic E-state index is 14.1. The van der Waals surface area contributed by atoms with Crippen molar-refractivity contribution in [2.24, 2.45) is 30.2 Å². The Labute approximate surface area is 249 Å². The lowest BCUT2D eigenvalue weighted by Crippen LogP contribution is -2.54. The van der Waals surface area contributed by atoms with Gasteiger partial charge in [0.1, 0.15) is 11.7 Å². The first-order chi connectivity index (χ1) is 20.3. The van der Waals surface area contributed by atoms with Gasteiger partial charge in [-0.25, -0.2) is 0 Å². The van der Waals surface area contributed by atoms with Crippen molar-refractivity contribution in [2.45, 2.75) is 102 Å². The zero-order valence-electron chi connectivity index (χ0n) is 25.3. The molecule has 1 atom stereocenters. The predicted octanol–water partition coefficient (Wildman–Crippen LogP) is 5.49.